The van der Waals surface area contributed by atoms with Gasteiger partial charge in [0.15, 0.2) is 18.0 Å². The van der Waals surface area contributed by atoms with Crippen molar-refractivity contribution in [3.63, 3.8) is 0 Å². The molecule has 0 unspecified atom stereocenters. The third-order valence-corrected chi connectivity index (χ3v) is 6.69. The Labute approximate surface area is 212 Å². The van der Waals surface area contributed by atoms with Crippen molar-refractivity contribution in [2.24, 2.45) is 0 Å². The number of benzene rings is 1. The highest BCUT2D eigenvalue weighted by Gasteiger charge is 2.52. The Balaban J connectivity index is 1.75. The maximum absolute atomic E-state index is 12.6. The lowest BCUT2D eigenvalue weighted by molar-refractivity contribution is -0.163. The van der Waals surface area contributed by atoms with Crippen molar-refractivity contribution in [2.45, 2.75) is 23.2 Å². The van der Waals surface area contributed by atoms with Crippen LogP contribution in [0.25, 0.3) is 0 Å². The summed E-state index contributed by atoms with van der Waals surface area (Å²) in [6.07, 6.45) is -1.66. The van der Waals surface area contributed by atoms with E-state index in [1.54, 1.807) is 18.2 Å². The quantitative estimate of drug-likeness (QED) is 0.0528. The van der Waals surface area contributed by atoms with Crippen LogP contribution in [-0.2, 0) is 35.2 Å². The SMILES string of the molecule is O=C(O)C(=C(CS)CSc1nnnn1CS(=O)(=O)O)N1C(=O)C(NC(=O)[C@H](O)c2ccccc2)C1=O. The van der Waals surface area contributed by atoms with Gasteiger partial charge >= 0.3 is 5.97 Å². The van der Waals surface area contributed by atoms with Gasteiger partial charge in [0.25, 0.3) is 27.8 Å². The standard InChI is InChI=1S/C18H18N6O9S3/c25-13(9-4-2-1-3-5-9)14(26)19-11-15(27)24(16(11)28)12(17(29)30)10(6-34)7-35-18-20-21-22-23(18)8-36(31,32)33/h1-5,11,13,25,34H,6-8H2,(H,19,26)(H,29,30)(H,31,32,33)/t13-/m1/s1. The number of carbonyl (C=O) groups is 4. The van der Waals surface area contributed by atoms with E-state index < -0.39 is 57.5 Å². The number of aliphatic hydroxyl groups is 1. The minimum absolute atomic E-state index is 0.0203. The van der Waals surface area contributed by atoms with Crippen LogP contribution >= 0.6 is 24.4 Å². The molecule has 1 aliphatic heterocycles. The first-order chi connectivity index (χ1) is 16.9. The van der Waals surface area contributed by atoms with Gasteiger partial charge in [-0.3, -0.25) is 18.9 Å². The zero-order chi connectivity index (χ0) is 26.6. The van der Waals surface area contributed by atoms with Crippen LogP contribution in [0.15, 0.2) is 46.8 Å². The Hall–Kier alpha value is -3.32. The van der Waals surface area contributed by atoms with E-state index in [2.05, 4.69) is 33.5 Å². The molecule has 1 aromatic carbocycles. The Morgan fingerprint density at radius 2 is 1.83 bits per heavy atom. The van der Waals surface area contributed by atoms with Gasteiger partial charge in [0.1, 0.15) is 5.70 Å². The second-order valence-electron chi connectivity index (χ2n) is 7.14. The first kappa shape index (κ1) is 27.3. The van der Waals surface area contributed by atoms with Gasteiger partial charge in [0, 0.05) is 11.5 Å². The molecule has 36 heavy (non-hydrogen) atoms. The number of thiol groups is 1. The number of aromatic nitrogens is 4. The number of carboxylic acid groups (broad SMARTS) is 1. The van der Waals surface area contributed by atoms with Crippen LogP contribution in [0, 0.1) is 0 Å². The van der Waals surface area contributed by atoms with Crippen LogP contribution in [0.3, 0.4) is 0 Å². The van der Waals surface area contributed by atoms with Gasteiger partial charge in [-0.25, -0.2) is 14.4 Å². The molecule has 2 aromatic rings. The Morgan fingerprint density at radius 1 is 1.19 bits per heavy atom. The van der Waals surface area contributed by atoms with E-state index in [1.165, 1.54) is 12.1 Å². The molecule has 0 radical (unpaired) electrons. The molecule has 2 heterocycles. The number of nitrogens with one attached hydrogen (secondary N) is 1. The molecule has 18 heteroatoms. The normalized spacial score (nSPS) is 15.8. The highest BCUT2D eigenvalue weighted by Crippen LogP contribution is 2.27. The number of carboxylic acids is 1. The molecule has 0 aliphatic carbocycles. The first-order valence-electron chi connectivity index (χ1n) is 9.76. The number of carbonyl (C=O) groups excluding carboxylic acids is 3. The number of aliphatic carboxylic acids is 1. The monoisotopic (exact) mass is 558 g/mol. The van der Waals surface area contributed by atoms with Gasteiger partial charge in [-0.2, -0.15) is 21.0 Å². The molecular formula is C18H18N6O9S3. The van der Waals surface area contributed by atoms with E-state index in [4.69, 9.17) is 4.55 Å². The summed E-state index contributed by atoms with van der Waals surface area (Å²) in [5.41, 5.74) is -0.494. The zero-order valence-electron chi connectivity index (χ0n) is 18.0. The fraction of sp³-hybridized carbons (Fsp3) is 0.278. The summed E-state index contributed by atoms with van der Waals surface area (Å²) in [6.45, 7) is 0. The van der Waals surface area contributed by atoms with Gasteiger partial charge in [0.05, 0.1) is 0 Å². The number of tetrazole rings is 1. The molecule has 0 spiro atoms. The molecule has 3 rings (SSSR count). The molecule has 0 saturated carbocycles. The Morgan fingerprint density at radius 3 is 2.39 bits per heavy atom. The lowest BCUT2D eigenvalue weighted by atomic mass is 10.0. The summed E-state index contributed by atoms with van der Waals surface area (Å²) in [6, 6.07) is 6.06. The molecule has 1 fully saturated rings. The molecule has 0 bridgehead atoms. The summed E-state index contributed by atoms with van der Waals surface area (Å²) in [5.74, 6) is -6.13. The predicted octanol–water partition coefficient (Wildman–Crippen LogP) is -1.53. The Kier molecular flexibility index (Phi) is 8.46. The van der Waals surface area contributed by atoms with E-state index in [0.717, 1.165) is 16.4 Å². The van der Waals surface area contributed by atoms with Gasteiger partial charge in [0.2, 0.25) is 5.16 Å². The average Bonchev–Trinajstić information content (AvgIpc) is 3.26. The van der Waals surface area contributed by atoms with Crippen LogP contribution in [0.5, 0.6) is 0 Å². The van der Waals surface area contributed by atoms with Crippen LogP contribution in [0.4, 0.5) is 0 Å². The number of rotatable bonds is 11. The van der Waals surface area contributed by atoms with Crippen molar-refractivity contribution in [1.82, 2.24) is 30.4 Å². The summed E-state index contributed by atoms with van der Waals surface area (Å²) in [7, 11) is -4.47. The van der Waals surface area contributed by atoms with Crippen LogP contribution in [0.2, 0.25) is 0 Å². The third-order valence-electron chi connectivity index (χ3n) is 4.70. The number of nitrogens with zero attached hydrogens (tertiary/aromatic N) is 5. The maximum atomic E-state index is 12.6. The minimum Gasteiger partial charge on any atom is -0.477 e. The number of hydrogen-bond donors (Lipinski definition) is 5. The topological polar surface area (TPSA) is 222 Å². The van der Waals surface area contributed by atoms with Gasteiger partial charge < -0.3 is 15.5 Å². The van der Waals surface area contributed by atoms with E-state index >= 15 is 0 Å². The largest absolute Gasteiger partial charge is 0.477 e. The number of thioether (sulfide) groups is 1. The van der Waals surface area contributed by atoms with Crippen LogP contribution < -0.4 is 5.32 Å². The van der Waals surface area contributed by atoms with E-state index in [9.17, 15) is 37.8 Å². The number of β-lactam (4-membered cyclic amide) rings is 2. The van der Waals surface area contributed by atoms with Crippen molar-refractivity contribution in [2.75, 3.05) is 11.5 Å². The highest BCUT2D eigenvalue weighted by molar-refractivity contribution is 7.99. The van der Waals surface area contributed by atoms with Gasteiger partial charge in [-0.15, -0.1) is 5.10 Å². The fourth-order valence-corrected chi connectivity index (χ4v) is 4.90. The van der Waals surface area contributed by atoms with E-state index in [0.29, 0.717) is 4.90 Å². The smallest absolute Gasteiger partial charge is 0.353 e. The molecule has 1 atom stereocenters. The second-order valence-corrected chi connectivity index (χ2v) is 9.82. The lowest BCUT2D eigenvalue weighted by Gasteiger charge is -2.37. The van der Waals surface area contributed by atoms with Crippen molar-refractivity contribution in [3.8, 4) is 0 Å². The molecule has 192 valence electrons. The van der Waals surface area contributed by atoms with E-state index in [1.807, 2.05) is 0 Å². The van der Waals surface area contributed by atoms with Gasteiger partial charge in [-0.1, -0.05) is 42.1 Å². The Bertz CT molecular complexity index is 1310. The molecule has 15 nitrogen and oxygen atoms in total. The van der Waals surface area contributed by atoms with Crippen molar-refractivity contribution in [3.05, 3.63) is 47.2 Å². The molecule has 3 amide bonds. The number of amides is 3. The number of imide groups is 1. The molecular weight excluding hydrogens is 540 g/mol. The number of likely N-dealkylation sites (tertiary alicyclic amines) is 1. The zero-order valence-corrected chi connectivity index (χ0v) is 20.5. The van der Waals surface area contributed by atoms with Crippen molar-refractivity contribution < 1.29 is 42.4 Å². The second kappa shape index (κ2) is 11.2. The lowest BCUT2D eigenvalue weighted by Crippen LogP contribution is -2.68. The number of hydrogen-bond acceptors (Lipinski definition) is 12. The van der Waals surface area contributed by atoms with E-state index in [-0.39, 0.29) is 27.8 Å². The summed E-state index contributed by atoms with van der Waals surface area (Å²) >= 11 is 4.83. The maximum Gasteiger partial charge on any atom is 0.353 e. The summed E-state index contributed by atoms with van der Waals surface area (Å²) in [4.78, 5) is 49.8. The molecule has 1 saturated heterocycles. The van der Waals surface area contributed by atoms with Crippen LogP contribution in [-0.4, -0.2) is 89.5 Å². The third kappa shape index (κ3) is 6.08. The summed E-state index contributed by atoms with van der Waals surface area (Å²) < 4.78 is 31.9. The fourth-order valence-electron chi connectivity index (χ4n) is 3.04. The molecule has 4 N–H and O–H groups in total. The number of aliphatic hydroxyl groups excluding tert-OH is 1. The van der Waals surface area contributed by atoms with Gasteiger partial charge in [-0.05, 0) is 21.6 Å². The minimum atomic E-state index is -4.47. The van der Waals surface area contributed by atoms with Crippen LogP contribution in [0.1, 0.15) is 11.7 Å². The molecule has 1 aromatic heterocycles. The average molecular weight is 559 g/mol. The predicted molar refractivity (Wildman–Crippen MR) is 124 cm³/mol. The van der Waals surface area contributed by atoms with Crippen molar-refractivity contribution >= 4 is 58.2 Å². The summed E-state index contributed by atoms with van der Waals surface area (Å²) in [5, 5.41) is 32.1. The van der Waals surface area contributed by atoms with Crippen molar-refractivity contribution in [1.29, 1.82) is 0 Å². The highest BCUT2D eigenvalue weighted by atomic mass is 32.2. The first-order valence-corrected chi connectivity index (χ1v) is 13.0. The molecule has 1 aliphatic rings.